The fourth-order valence-electron chi connectivity index (χ4n) is 1.26. The van der Waals surface area contributed by atoms with E-state index in [0.717, 1.165) is 17.0 Å². The molecule has 0 fully saturated rings. The minimum absolute atomic E-state index is 0.617. The molecule has 72 valence electrons. The van der Waals surface area contributed by atoms with Gasteiger partial charge in [0.05, 0.1) is 5.69 Å². The second-order valence-corrected chi connectivity index (χ2v) is 2.91. The summed E-state index contributed by atoms with van der Waals surface area (Å²) >= 11 is 0. The van der Waals surface area contributed by atoms with E-state index in [4.69, 9.17) is 10.3 Å². The van der Waals surface area contributed by atoms with Gasteiger partial charge in [0, 0.05) is 5.56 Å². The molecule has 0 amide bonds. The predicted octanol–water partition coefficient (Wildman–Crippen LogP) is 1.90. The minimum Gasteiger partial charge on any atom is -0.443 e. The summed E-state index contributed by atoms with van der Waals surface area (Å²) in [5.41, 5.74) is 1.83. The Labute approximate surface area is 81.3 Å². The summed E-state index contributed by atoms with van der Waals surface area (Å²) in [4.78, 5) is 8.58. The molecule has 0 bridgehead atoms. The molecule has 0 saturated carbocycles. The van der Waals surface area contributed by atoms with Crippen molar-refractivity contribution in [2.75, 3.05) is 0 Å². The van der Waals surface area contributed by atoms with E-state index in [1.54, 1.807) is 12.1 Å². The van der Waals surface area contributed by atoms with Gasteiger partial charge in [-0.2, -0.15) is 5.90 Å². The second-order valence-electron chi connectivity index (χ2n) is 2.91. The molecule has 0 atom stereocenters. The molecule has 1 aromatic carbocycles. The Hall–Kier alpha value is -1.81. The van der Waals surface area contributed by atoms with Crippen molar-refractivity contribution in [2.45, 2.75) is 6.92 Å². The second kappa shape index (κ2) is 3.51. The SMILES string of the molecule is Cc1ncoc1-c1ccc(ON)cc1. The van der Waals surface area contributed by atoms with Crippen LogP contribution >= 0.6 is 0 Å². The third kappa shape index (κ3) is 1.47. The van der Waals surface area contributed by atoms with Gasteiger partial charge in [0.15, 0.2) is 12.2 Å². The summed E-state index contributed by atoms with van der Waals surface area (Å²) in [5.74, 6) is 6.40. The highest BCUT2D eigenvalue weighted by molar-refractivity contribution is 5.60. The molecule has 0 aliphatic heterocycles. The Kier molecular flexibility index (Phi) is 2.20. The van der Waals surface area contributed by atoms with Crippen LogP contribution in [0, 0.1) is 6.92 Å². The predicted molar refractivity (Wildman–Crippen MR) is 51.5 cm³/mol. The highest BCUT2D eigenvalue weighted by atomic mass is 16.6. The van der Waals surface area contributed by atoms with Crippen LogP contribution in [-0.4, -0.2) is 4.98 Å². The molecule has 14 heavy (non-hydrogen) atoms. The molecule has 4 heteroatoms. The fourth-order valence-corrected chi connectivity index (χ4v) is 1.26. The summed E-state index contributed by atoms with van der Waals surface area (Å²) in [6, 6.07) is 7.29. The smallest absolute Gasteiger partial charge is 0.181 e. The minimum atomic E-state index is 0.617. The molecule has 0 radical (unpaired) electrons. The van der Waals surface area contributed by atoms with Crippen LogP contribution in [0.3, 0.4) is 0 Å². The van der Waals surface area contributed by atoms with Gasteiger partial charge >= 0.3 is 0 Å². The molecule has 0 saturated heterocycles. The molecule has 1 aromatic heterocycles. The van der Waals surface area contributed by atoms with Gasteiger partial charge in [-0.15, -0.1) is 0 Å². The summed E-state index contributed by atoms with van der Waals surface area (Å²) in [6.07, 6.45) is 1.43. The third-order valence-electron chi connectivity index (χ3n) is 2.00. The van der Waals surface area contributed by atoms with E-state index in [-0.39, 0.29) is 0 Å². The number of hydrogen-bond acceptors (Lipinski definition) is 4. The van der Waals surface area contributed by atoms with Crippen molar-refractivity contribution in [1.82, 2.24) is 4.98 Å². The van der Waals surface area contributed by atoms with Crippen molar-refractivity contribution in [3.8, 4) is 17.1 Å². The lowest BCUT2D eigenvalue weighted by molar-refractivity contribution is 0.334. The van der Waals surface area contributed by atoms with Crippen molar-refractivity contribution < 1.29 is 9.25 Å². The van der Waals surface area contributed by atoms with Crippen LogP contribution < -0.4 is 10.7 Å². The third-order valence-corrected chi connectivity index (χ3v) is 2.00. The molecule has 2 aromatic rings. The standard InChI is InChI=1S/C10H10N2O2/c1-7-10(13-6-12-7)8-2-4-9(14-11)5-3-8/h2-6H,11H2,1H3. The van der Waals surface area contributed by atoms with E-state index >= 15 is 0 Å². The van der Waals surface area contributed by atoms with Crippen LogP contribution in [0.1, 0.15) is 5.69 Å². The number of benzene rings is 1. The van der Waals surface area contributed by atoms with E-state index in [2.05, 4.69) is 9.82 Å². The van der Waals surface area contributed by atoms with Gasteiger partial charge < -0.3 is 9.25 Å². The summed E-state index contributed by atoms with van der Waals surface area (Å²) in [6.45, 7) is 1.90. The van der Waals surface area contributed by atoms with Gasteiger partial charge in [-0.1, -0.05) is 0 Å². The van der Waals surface area contributed by atoms with Gasteiger partial charge in [-0.25, -0.2) is 4.98 Å². The average molecular weight is 190 g/mol. The lowest BCUT2D eigenvalue weighted by Crippen LogP contribution is -2.01. The first-order chi connectivity index (χ1) is 6.81. The molecule has 2 rings (SSSR count). The van der Waals surface area contributed by atoms with Crippen LogP contribution in [0.5, 0.6) is 5.75 Å². The Morgan fingerprint density at radius 1 is 1.29 bits per heavy atom. The van der Waals surface area contributed by atoms with Crippen LogP contribution in [0.25, 0.3) is 11.3 Å². The number of rotatable bonds is 2. The first-order valence-electron chi connectivity index (χ1n) is 4.18. The molecule has 0 unspecified atom stereocenters. The maximum atomic E-state index is 5.24. The van der Waals surface area contributed by atoms with Gasteiger partial charge in [-0.05, 0) is 31.2 Å². The molecule has 1 heterocycles. The lowest BCUT2D eigenvalue weighted by atomic mass is 10.1. The molecular formula is C10H10N2O2. The van der Waals surface area contributed by atoms with Crippen LogP contribution in [0.15, 0.2) is 35.1 Å². The molecule has 0 aliphatic rings. The Morgan fingerprint density at radius 3 is 2.50 bits per heavy atom. The summed E-state index contributed by atoms with van der Waals surface area (Å²) in [5, 5.41) is 0. The van der Waals surface area contributed by atoms with Crippen LogP contribution in [0.4, 0.5) is 0 Å². The van der Waals surface area contributed by atoms with Crippen molar-refractivity contribution in [3.05, 3.63) is 36.4 Å². The maximum absolute atomic E-state index is 5.24. The van der Waals surface area contributed by atoms with E-state index in [9.17, 15) is 0 Å². The number of nitrogens with two attached hydrogens (primary N) is 1. The van der Waals surface area contributed by atoms with Crippen LogP contribution in [0.2, 0.25) is 0 Å². The first kappa shape index (κ1) is 8.77. The van der Waals surface area contributed by atoms with E-state index in [0.29, 0.717) is 5.75 Å². The largest absolute Gasteiger partial charge is 0.443 e. The van der Waals surface area contributed by atoms with Gasteiger partial charge in [0.2, 0.25) is 0 Å². The molecular weight excluding hydrogens is 180 g/mol. The number of oxazole rings is 1. The summed E-state index contributed by atoms with van der Waals surface area (Å²) < 4.78 is 5.24. The highest BCUT2D eigenvalue weighted by Gasteiger charge is 2.05. The number of hydrogen-bond donors (Lipinski definition) is 1. The molecule has 4 nitrogen and oxygen atoms in total. The Morgan fingerprint density at radius 2 is 2.00 bits per heavy atom. The first-order valence-corrected chi connectivity index (χ1v) is 4.18. The van der Waals surface area contributed by atoms with Crippen molar-refractivity contribution >= 4 is 0 Å². The zero-order chi connectivity index (χ0) is 9.97. The van der Waals surface area contributed by atoms with Gasteiger partial charge in [0.25, 0.3) is 0 Å². The van der Waals surface area contributed by atoms with Gasteiger partial charge in [-0.3, -0.25) is 0 Å². The topological polar surface area (TPSA) is 61.3 Å². The number of aryl methyl sites for hydroxylation is 1. The quantitative estimate of drug-likeness (QED) is 0.734. The fraction of sp³-hybridized carbons (Fsp3) is 0.100. The highest BCUT2D eigenvalue weighted by Crippen LogP contribution is 2.24. The van der Waals surface area contributed by atoms with Crippen molar-refractivity contribution in [1.29, 1.82) is 0 Å². The normalized spacial score (nSPS) is 10.1. The number of nitrogens with zero attached hydrogens (tertiary/aromatic N) is 1. The van der Waals surface area contributed by atoms with Crippen molar-refractivity contribution in [2.24, 2.45) is 5.90 Å². The Bertz CT molecular complexity index is 420. The monoisotopic (exact) mass is 190 g/mol. The molecule has 0 spiro atoms. The Balaban J connectivity index is 2.39. The maximum Gasteiger partial charge on any atom is 0.181 e. The molecule has 0 aliphatic carbocycles. The van der Waals surface area contributed by atoms with Gasteiger partial charge in [0.1, 0.15) is 5.75 Å². The molecule has 2 N–H and O–H groups in total. The van der Waals surface area contributed by atoms with E-state index in [1.165, 1.54) is 6.39 Å². The van der Waals surface area contributed by atoms with Crippen molar-refractivity contribution in [3.63, 3.8) is 0 Å². The number of aromatic nitrogens is 1. The zero-order valence-electron chi connectivity index (χ0n) is 7.73. The average Bonchev–Trinajstić information content (AvgIpc) is 2.65. The van der Waals surface area contributed by atoms with E-state index in [1.807, 2.05) is 19.1 Å². The lowest BCUT2D eigenvalue weighted by Gasteiger charge is -2.00. The van der Waals surface area contributed by atoms with Crippen LogP contribution in [-0.2, 0) is 0 Å². The summed E-state index contributed by atoms with van der Waals surface area (Å²) in [7, 11) is 0. The zero-order valence-corrected chi connectivity index (χ0v) is 7.73. The van der Waals surface area contributed by atoms with E-state index < -0.39 is 0 Å².